The van der Waals surface area contributed by atoms with E-state index >= 15 is 0 Å². The summed E-state index contributed by atoms with van der Waals surface area (Å²) >= 11 is 0. The zero-order valence-electron chi connectivity index (χ0n) is 12.3. The van der Waals surface area contributed by atoms with E-state index in [1.165, 1.54) is 17.3 Å². The molecule has 1 aromatic carbocycles. The summed E-state index contributed by atoms with van der Waals surface area (Å²) in [5.74, 6) is 0.408. The van der Waals surface area contributed by atoms with E-state index in [-0.39, 0.29) is 5.82 Å². The van der Waals surface area contributed by atoms with Gasteiger partial charge in [-0.1, -0.05) is 0 Å². The Morgan fingerprint density at radius 2 is 2.18 bits per heavy atom. The van der Waals surface area contributed by atoms with Crippen LogP contribution in [0.25, 0.3) is 10.9 Å². The number of nitrogens with zero attached hydrogens (tertiary/aromatic N) is 2. The van der Waals surface area contributed by atoms with Crippen molar-refractivity contribution in [1.29, 1.82) is 0 Å². The molecule has 22 heavy (non-hydrogen) atoms. The molecule has 0 bridgehead atoms. The normalized spacial score (nSPS) is 14.2. The summed E-state index contributed by atoms with van der Waals surface area (Å²) < 4.78 is 18.6. The van der Waals surface area contributed by atoms with Gasteiger partial charge in [-0.3, -0.25) is 0 Å². The number of aromatic nitrogens is 2. The van der Waals surface area contributed by atoms with Crippen molar-refractivity contribution >= 4 is 16.6 Å². The van der Waals surface area contributed by atoms with Gasteiger partial charge in [-0.15, -0.1) is 0 Å². The number of rotatable bonds is 2. The number of ether oxygens (including phenoxy) is 1. The number of benzene rings is 1. The molecule has 2 aromatic heterocycles. The molecule has 5 heteroatoms. The van der Waals surface area contributed by atoms with E-state index < -0.39 is 0 Å². The molecule has 3 heterocycles. The highest BCUT2D eigenvalue weighted by Crippen LogP contribution is 2.31. The van der Waals surface area contributed by atoms with Gasteiger partial charge >= 0.3 is 0 Å². The van der Waals surface area contributed by atoms with Crippen LogP contribution in [-0.2, 0) is 13.0 Å². The quantitative estimate of drug-likeness (QED) is 0.789. The Morgan fingerprint density at radius 1 is 1.27 bits per heavy atom. The lowest BCUT2D eigenvalue weighted by atomic mass is 10.0. The Labute approximate surface area is 127 Å². The maximum atomic E-state index is 13.4. The minimum absolute atomic E-state index is 0.207. The summed E-state index contributed by atoms with van der Waals surface area (Å²) in [5.41, 5.74) is 4.42. The third-order valence-corrected chi connectivity index (χ3v) is 4.23. The number of aromatic amines is 1. The van der Waals surface area contributed by atoms with Gasteiger partial charge in [0.2, 0.25) is 5.88 Å². The molecular weight excluding hydrogens is 281 g/mol. The number of nitrogens with one attached hydrogen (secondary N) is 1. The lowest BCUT2D eigenvalue weighted by Gasteiger charge is -2.29. The van der Waals surface area contributed by atoms with Crippen molar-refractivity contribution in [2.24, 2.45) is 0 Å². The average molecular weight is 297 g/mol. The van der Waals surface area contributed by atoms with Crippen molar-refractivity contribution in [3.05, 3.63) is 53.6 Å². The van der Waals surface area contributed by atoms with Crippen molar-refractivity contribution in [3.8, 4) is 5.88 Å². The Kier molecular flexibility index (Phi) is 2.99. The van der Waals surface area contributed by atoms with E-state index in [1.54, 1.807) is 19.4 Å². The molecule has 0 aliphatic carbocycles. The molecule has 1 aliphatic heterocycles. The van der Waals surface area contributed by atoms with E-state index in [0.717, 1.165) is 36.1 Å². The topological polar surface area (TPSA) is 41.1 Å². The molecule has 0 saturated carbocycles. The molecule has 4 rings (SSSR count). The standard InChI is InChI=1S/C17H16FN3O/c1-22-17-9-12(4-6-19-17)21-7-5-15-14(10-21)13-3-2-11(18)8-16(13)20-15/h2-4,6,8-9,20H,5,7,10H2,1H3. The highest BCUT2D eigenvalue weighted by molar-refractivity contribution is 5.85. The van der Waals surface area contributed by atoms with Crippen molar-refractivity contribution in [2.45, 2.75) is 13.0 Å². The molecule has 0 spiro atoms. The largest absolute Gasteiger partial charge is 0.481 e. The highest BCUT2D eigenvalue weighted by Gasteiger charge is 2.21. The van der Waals surface area contributed by atoms with Crippen molar-refractivity contribution in [2.75, 3.05) is 18.6 Å². The van der Waals surface area contributed by atoms with E-state index in [9.17, 15) is 4.39 Å². The minimum Gasteiger partial charge on any atom is -0.481 e. The predicted molar refractivity (Wildman–Crippen MR) is 83.8 cm³/mol. The first-order chi connectivity index (χ1) is 10.7. The molecule has 0 unspecified atom stereocenters. The van der Waals surface area contributed by atoms with E-state index in [0.29, 0.717) is 5.88 Å². The number of H-pyrrole nitrogens is 1. The summed E-state index contributed by atoms with van der Waals surface area (Å²) in [7, 11) is 1.62. The van der Waals surface area contributed by atoms with Crippen LogP contribution in [-0.4, -0.2) is 23.6 Å². The lowest BCUT2D eigenvalue weighted by molar-refractivity contribution is 0.398. The van der Waals surface area contributed by atoms with Gasteiger partial charge in [0.1, 0.15) is 5.82 Å². The Morgan fingerprint density at radius 3 is 3.05 bits per heavy atom. The highest BCUT2D eigenvalue weighted by atomic mass is 19.1. The van der Waals surface area contributed by atoms with E-state index in [4.69, 9.17) is 4.74 Å². The Bertz CT molecular complexity index is 843. The van der Waals surface area contributed by atoms with Crippen molar-refractivity contribution in [1.82, 2.24) is 9.97 Å². The van der Waals surface area contributed by atoms with Gasteiger partial charge in [-0.05, 0) is 24.3 Å². The van der Waals surface area contributed by atoms with Crippen LogP contribution >= 0.6 is 0 Å². The predicted octanol–water partition coefficient (Wildman–Crippen LogP) is 3.27. The maximum Gasteiger partial charge on any atom is 0.214 e. The van der Waals surface area contributed by atoms with Gasteiger partial charge in [0.15, 0.2) is 0 Å². The van der Waals surface area contributed by atoms with Gasteiger partial charge in [-0.25, -0.2) is 9.37 Å². The third-order valence-electron chi connectivity index (χ3n) is 4.23. The minimum atomic E-state index is -0.207. The molecule has 1 N–H and O–H groups in total. The van der Waals surface area contributed by atoms with Crippen molar-refractivity contribution < 1.29 is 9.13 Å². The molecule has 0 radical (unpaired) electrons. The number of methoxy groups -OCH3 is 1. The molecular formula is C17H16FN3O. The molecule has 3 aromatic rings. The first-order valence-corrected chi connectivity index (χ1v) is 7.28. The van der Waals surface area contributed by atoms with E-state index in [1.807, 2.05) is 18.2 Å². The fourth-order valence-electron chi connectivity index (χ4n) is 3.12. The fourth-order valence-corrected chi connectivity index (χ4v) is 3.12. The van der Waals surface area contributed by atoms with Crippen molar-refractivity contribution in [3.63, 3.8) is 0 Å². The second-order valence-electron chi connectivity index (χ2n) is 5.50. The van der Waals surface area contributed by atoms with Gasteiger partial charge in [-0.2, -0.15) is 0 Å². The SMILES string of the molecule is COc1cc(N2CCc3[nH]c4cc(F)ccc4c3C2)ccn1. The maximum absolute atomic E-state index is 13.4. The molecule has 1 aliphatic rings. The van der Waals surface area contributed by atoms with Crippen LogP contribution in [0.2, 0.25) is 0 Å². The monoisotopic (exact) mass is 297 g/mol. The fraction of sp³-hybridized carbons (Fsp3) is 0.235. The van der Waals surface area contributed by atoms with Gasteiger partial charge in [0.25, 0.3) is 0 Å². The van der Waals surface area contributed by atoms with Crippen LogP contribution < -0.4 is 9.64 Å². The average Bonchev–Trinajstić information content (AvgIpc) is 2.91. The molecule has 0 saturated heterocycles. The molecule has 0 fully saturated rings. The summed E-state index contributed by atoms with van der Waals surface area (Å²) in [6.07, 6.45) is 2.67. The molecule has 112 valence electrons. The summed E-state index contributed by atoms with van der Waals surface area (Å²) in [5, 5.41) is 1.10. The number of hydrogen-bond acceptors (Lipinski definition) is 3. The Hall–Kier alpha value is -2.56. The summed E-state index contributed by atoms with van der Waals surface area (Å²) in [6.45, 7) is 1.71. The molecule has 0 atom stereocenters. The van der Waals surface area contributed by atoms with Gasteiger partial charge < -0.3 is 14.6 Å². The van der Waals surface area contributed by atoms with Crippen LogP contribution in [0.4, 0.5) is 10.1 Å². The van der Waals surface area contributed by atoms with Crippen LogP contribution in [0.3, 0.4) is 0 Å². The zero-order valence-corrected chi connectivity index (χ0v) is 12.3. The number of pyridine rings is 1. The number of fused-ring (bicyclic) bond motifs is 3. The van der Waals surface area contributed by atoms with Crippen LogP contribution in [0.5, 0.6) is 5.88 Å². The third kappa shape index (κ3) is 2.09. The van der Waals surface area contributed by atoms with E-state index in [2.05, 4.69) is 14.9 Å². The number of anilines is 1. The summed E-state index contributed by atoms with van der Waals surface area (Å²) in [6, 6.07) is 8.87. The zero-order chi connectivity index (χ0) is 15.1. The number of halogens is 1. The first kappa shape index (κ1) is 13.1. The second-order valence-corrected chi connectivity index (χ2v) is 5.50. The first-order valence-electron chi connectivity index (χ1n) is 7.28. The molecule has 4 nitrogen and oxygen atoms in total. The van der Waals surface area contributed by atoms with Crippen LogP contribution in [0, 0.1) is 5.82 Å². The van der Waals surface area contributed by atoms with Gasteiger partial charge in [0, 0.05) is 59.6 Å². The lowest BCUT2D eigenvalue weighted by Crippen LogP contribution is -2.30. The molecule has 0 amide bonds. The van der Waals surface area contributed by atoms with Crippen LogP contribution in [0.1, 0.15) is 11.3 Å². The summed E-state index contributed by atoms with van der Waals surface area (Å²) in [4.78, 5) is 9.79. The second kappa shape index (κ2) is 5.02. The number of hydrogen-bond donors (Lipinski definition) is 1. The van der Waals surface area contributed by atoms with Crippen LogP contribution in [0.15, 0.2) is 36.5 Å². The Balaban J connectivity index is 1.72. The smallest absolute Gasteiger partial charge is 0.214 e. The van der Waals surface area contributed by atoms with Gasteiger partial charge in [0.05, 0.1) is 7.11 Å².